The highest BCUT2D eigenvalue weighted by Gasteiger charge is 2.20. The fraction of sp³-hybridized carbons (Fsp3) is 0. The molecule has 3 rings (SSSR count). The first-order valence-electron chi connectivity index (χ1n) is 6.03. The van der Waals surface area contributed by atoms with Crippen molar-refractivity contribution >= 4 is 17.4 Å². The Morgan fingerprint density at radius 3 is 2.62 bits per heavy atom. The fourth-order valence-corrected chi connectivity index (χ4v) is 2.24. The highest BCUT2D eigenvalue weighted by atomic mass is 35.5. The van der Waals surface area contributed by atoms with Crippen LogP contribution in [0.2, 0.25) is 5.02 Å². The quantitative estimate of drug-likeness (QED) is 0.757. The molecule has 0 fully saturated rings. The van der Waals surface area contributed by atoms with Gasteiger partial charge in [0.25, 0.3) is 0 Å². The molecular formula is C15H9ClF2N2O. The minimum Gasteiger partial charge on any atom is -0.380 e. The Morgan fingerprint density at radius 1 is 1.10 bits per heavy atom. The van der Waals surface area contributed by atoms with Gasteiger partial charge in [0.2, 0.25) is 0 Å². The Labute approximate surface area is 123 Å². The number of hydrogen-bond donors (Lipinski definition) is 1. The summed E-state index contributed by atoms with van der Waals surface area (Å²) in [6.45, 7) is 0. The molecule has 0 aliphatic rings. The third kappa shape index (κ3) is 2.48. The summed E-state index contributed by atoms with van der Waals surface area (Å²) in [6.07, 6.45) is 0. The van der Waals surface area contributed by atoms with Crippen LogP contribution in [0.3, 0.4) is 0 Å². The van der Waals surface area contributed by atoms with Gasteiger partial charge in [-0.1, -0.05) is 28.9 Å². The molecule has 3 nitrogen and oxygen atoms in total. The van der Waals surface area contributed by atoms with Crippen molar-refractivity contribution in [3.05, 3.63) is 59.1 Å². The van der Waals surface area contributed by atoms with E-state index in [1.165, 1.54) is 30.3 Å². The van der Waals surface area contributed by atoms with E-state index < -0.39 is 11.6 Å². The molecule has 0 bridgehead atoms. The Morgan fingerprint density at radius 2 is 1.90 bits per heavy atom. The van der Waals surface area contributed by atoms with Crippen molar-refractivity contribution in [1.82, 2.24) is 5.16 Å². The number of nitrogens with zero attached hydrogens (tertiary/aromatic N) is 1. The van der Waals surface area contributed by atoms with Gasteiger partial charge >= 0.3 is 0 Å². The first-order chi connectivity index (χ1) is 10.1. The van der Waals surface area contributed by atoms with Crippen LogP contribution in [0.25, 0.3) is 22.5 Å². The molecule has 2 aromatic carbocycles. The van der Waals surface area contributed by atoms with Crippen molar-refractivity contribution < 1.29 is 13.3 Å². The highest BCUT2D eigenvalue weighted by molar-refractivity contribution is 6.30. The summed E-state index contributed by atoms with van der Waals surface area (Å²) in [5.41, 5.74) is 6.72. The van der Waals surface area contributed by atoms with Crippen LogP contribution in [-0.4, -0.2) is 5.16 Å². The summed E-state index contributed by atoms with van der Waals surface area (Å²) >= 11 is 5.73. The molecule has 0 unspecified atom stereocenters. The van der Waals surface area contributed by atoms with Gasteiger partial charge < -0.3 is 10.3 Å². The molecule has 3 aromatic rings. The van der Waals surface area contributed by atoms with E-state index in [2.05, 4.69) is 5.16 Å². The van der Waals surface area contributed by atoms with Crippen molar-refractivity contribution in [3.63, 3.8) is 0 Å². The molecule has 1 aromatic heterocycles. The number of aromatic nitrogens is 1. The van der Waals surface area contributed by atoms with Crippen molar-refractivity contribution in [1.29, 1.82) is 0 Å². The van der Waals surface area contributed by atoms with E-state index in [4.69, 9.17) is 21.9 Å². The fourth-order valence-electron chi connectivity index (χ4n) is 2.08. The highest BCUT2D eigenvalue weighted by Crippen LogP contribution is 2.38. The number of halogens is 3. The molecule has 106 valence electrons. The minimum atomic E-state index is -0.573. The van der Waals surface area contributed by atoms with Crippen LogP contribution < -0.4 is 5.73 Å². The van der Waals surface area contributed by atoms with Gasteiger partial charge in [0.05, 0.1) is 11.1 Å². The first-order valence-corrected chi connectivity index (χ1v) is 6.40. The number of rotatable bonds is 2. The van der Waals surface area contributed by atoms with Crippen LogP contribution in [0.15, 0.2) is 47.0 Å². The zero-order valence-corrected chi connectivity index (χ0v) is 11.4. The van der Waals surface area contributed by atoms with Gasteiger partial charge in [-0.3, -0.25) is 0 Å². The summed E-state index contributed by atoms with van der Waals surface area (Å²) in [6, 6.07) is 9.89. The lowest BCUT2D eigenvalue weighted by molar-refractivity contribution is 0.433. The Bertz CT molecular complexity index is 817. The third-order valence-corrected chi connectivity index (χ3v) is 3.24. The standard InChI is InChI=1S/C15H9ClF2N2O/c16-9-4-5-11(12(18)7-9)14-13(15(19)20-21-14)8-2-1-3-10(17)6-8/h1-7H,(H2,19,20). The molecule has 6 heteroatoms. The van der Waals surface area contributed by atoms with Gasteiger partial charge in [0.1, 0.15) is 11.6 Å². The second-order valence-electron chi connectivity index (χ2n) is 4.41. The lowest BCUT2D eigenvalue weighted by atomic mass is 10.0. The van der Waals surface area contributed by atoms with E-state index >= 15 is 0 Å². The summed E-state index contributed by atoms with van der Waals surface area (Å²) in [5, 5.41) is 3.90. The lowest BCUT2D eigenvalue weighted by Gasteiger charge is -2.04. The van der Waals surface area contributed by atoms with Crippen molar-refractivity contribution in [2.24, 2.45) is 0 Å². The third-order valence-electron chi connectivity index (χ3n) is 3.01. The number of nitrogens with two attached hydrogens (primary N) is 1. The monoisotopic (exact) mass is 306 g/mol. The topological polar surface area (TPSA) is 52.0 Å². The molecule has 0 aliphatic carbocycles. The predicted octanol–water partition coefficient (Wildman–Crippen LogP) is 4.52. The van der Waals surface area contributed by atoms with Gasteiger partial charge in [0, 0.05) is 5.02 Å². The summed E-state index contributed by atoms with van der Waals surface area (Å²) in [7, 11) is 0. The van der Waals surface area contributed by atoms with Crippen molar-refractivity contribution in [2.75, 3.05) is 5.73 Å². The van der Waals surface area contributed by atoms with Gasteiger partial charge in [-0.25, -0.2) is 8.78 Å². The van der Waals surface area contributed by atoms with Crippen LogP contribution in [0, 0.1) is 11.6 Å². The van der Waals surface area contributed by atoms with Crippen LogP contribution >= 0.6 is 11.6 Å². The number of benzene rings is 2. The average Bonchev–Trinajstić information content (AvgIpc) is 2.80. The normalized spacial score (nSPS) is 10.8. The van der Waals surface area contributed by atoms with Gasteiger partial charge in [-0.05, 0) is 35.9 Å². The van der Waals surface area contributed by atoms with E-state index in [0.29, 0.717) is 11.1 Å². The summed E-state index contributed by atoms with van der Waals surface area (Å²) in [4.78, 5) is 0. The molecule has 0 amide bonds. The summed E-state index contributed by atoms with van der Waals surface area (Å²) < 4.78 is 32.5. The Kier molecular flexibility index (Phi) is 3.35. The zero-order valence-electron chi connectivity index (χ0n) is 10.6. The Balaban J connectivity index is 2.22. The van der Waals surface area contributed by atoms with Crippen LogP contribution in [-0.2, 0) is 0 Å². The molecule has 2 N–H and O–H groups in total. The SMILES string of the molecule is Nc1noc(-c2ccc(Cl)cc2F)c1-c1cccc(F)c1. The molecule has 0 saturated heterocycles. The number of nitrogen functional groups attached to an aromatic ring is 1. The zero-order chi connectivity index (χ0) is 15.0. The first kappa shape index (κ1) is 13.6. The molecule has 0 saturated carbocycles. The maximum absolute atomic E-state index is 14.0. The Hall–Kier alpha value is -2.40. The number of hydrogen-bond acceptors (Lipinski definition) is 3. The van der Waals surface area contributed by atoms with Gasteiger partial charge in [-0.15, -0.1) is 0 Å². The largest absolute Gasteiger partial charge is 0.380 e. The second kappa shape index (κ2) is 5.18. The van der Waals surface area contributed by atoms with E-state index in [1.807, 2.05) is 0 Å². The van der Waals surface area contributed by atoms with Crippen LogP contribution in [0.4, 0.5) is 14.6 Å². The predicted molar refractivity (Wildman–Crippen MR) is 76.7 cm³/mol. The van der Waals surface area contributed by atoms with E-state index in [-0.39, 0.29) is 22.2 Å². The second-order valence-corrected chi connectivity index (χ2v) is 4.84. The van der Waals surface area contributed by atoms with E-state index in [1.54, 1.807) is 6.07 Å². The van der Waals surface area contributed by atoms with Gasteiger partial charge in [-0.2, -0.15) is 0 Å². The molecular weight excluding hydrogens is 298 g/mol. The molecule has 21 heavy (non-hydrogen) atoms. The average molecular weight is 307 g/mol. The molecule has 0 spiro atoms. The molecule has 0 aliphatic heterocycles. The summed E-state index contributed by atoms with van der Waals surface area (Å²) in [5.74, 6) is -0.816. The van der Waals surface area contributed by atoms with Gasteiger partial charge in [0.15, 0.2) is 11.6 Å². The maximum Gasteiger partial charge on any atom is 0.179 e. The molecule has 0 radical (unpaired) electrons. The van der Waals surface area contributed by atoms with E-state index in [0.717, 1.165) is 6.07 Å². The van der Waals surface area contributed by atoms with Crippen LogP contribution in [0.1, 0.15) is 0 Å². The van der Waals surface area contributed by atoms with Crippen molar-refractivity contribution in [2.45, 2.75) is 0 Å². The molecule has 0 atom stereocenters. The van der Waals surface area contributed by atoms with E-state index in [9.17, 15) is 8.78 Å². The van der Waals surface area contributed by atoms with Crippen molar-refractivity contribution in [3.8, 4) is 22.5 Å². The number of anilines is 1. The van der Waals surface area contributed by atoms with Crippen LogP contribution in [0.5, 0.6) is 0 Å². The maximum atomic E-state index is 14.0. The smallest absolute Gasteiger partial charge is 0.179 e. The lowest BCUT2D eigenvalue weighted by Crippen LogP contribution is -1.90. The minimum absolute atomic E-state index is 0.0601. The molecule has 1 heterocycles.